The highest BCUT2D eigenvalue weighted by Gasteiger charge is 2.09. The van der Waals surface area contributed by atoms with Crippen molar-refractivity contribution in [1.29, 1.82) is 0 Å². The van der Waals surface area contributed by atoms with E-state index in [9.17, 15) is 8.42 Å². The van der Waals surface area contributed by atoms with Crippen LogP contribution in [0.5, 0.6) is 0 Å². The second-order valence-electron chi connectivity index (χ2n) is 4.75. The second-order valence-corrected chi connectivity index (χ2v) is 6.63. The van der Waals surface area contributed by atoms with Gasteiger partial charge in [-0.05, 0) is 49.7 Å². The van der Waals surface area contributed by atoms with Crippen LogP contribution in [-0.2, 0) is 16.4 Å². The van der Waals surface area contributed by atoms with Crippen molar-refractivity contribution in [3.8, 4) is 0 Å². The predicted molar refractivity (Wildman–Crippen MR) is 85.9 cm³/mol. The van der Waals surface area contributed by atoms with Crippen LogP contribution >= 0.6 is 0 Å². The Hall–Kier alpha value is -1.85. The van der Waals surface area contributed by atoms with Gasteiger partial charge >= 0.3 is 0 Å². The molecule has 0 aliphatic carbocycles. The van der Waals surface area contributed by atoms with Crippen molar-refractivity contribution in [3.63, 3.8) is 0 Å². The highest BCUT2D eigenvalue weighted by Crippen LogP contribution is 2.13. The summed E-state index contributed by atoms with van der Waals surface area (Å²) in [5.74, 6) is 0. The van der Waals surface area contributed by atoms with Crippen LogP contribution in [0.15, 0.2) is 59.5 Å². The van der Waals surface area contributed by atoms with Gasteiger partial charge in [0.2, 0.25) is 10.0 Å². The predicted octanol–water partition coefficient (Wildman–Crippen LogP) is 2.64. The van der Waals surface area contributed by atoms with E-state index in [0.717, 1.165) is 25.1 Å². The summed E-state index contributed by atoms with van der Waals surface area (Å²) < 4.78 is 25.5. The highest BCUT2D eigenvalue weighted by atomic mass is 32.2. The van der Waals surface area contributed by atoms with Crippen molar-refractivity contribution < 1.29 is 8.42 Å². The number of benzene rings is 2. The maximum atomic E-state index is 11.6. The van der Waals surface area contributed by atoms with Gasteiger partial charge in [-0.1, -0.05) is 30.3 Å². The Labute approximate surface area is 126 Å². The molecule has 2 aromatic carbocycles. The number of hydrogen-bond acceptors (Lipinski definition) is 3. The molecule has 0 atom stereocenters. The molecule has 0 spiro atoms. The Morgan fingerprint density at radius 2 is 1.62 bits per heavy atom. The molecule has 0 unspecified atom stereocenters. The standard InChI is InChI=1S/C16H20N2O2S/c1-17-21(19,20)16-11-9-15(10-12-16)18-13-5-8-14-6-3-2-4-7-14/h2-4,6-7,9-12,17-18H,5,8,13H2,1H3. The number of aryl methyl sites for hydroxylation is 1. The third-order valence-electron chi connectivity index (χ3n) is 3.25. The zero-order chi connectivity index (χ0) is 15.1. The third-order valence-corrected chi connectivity index (χ3v) is 4.68. The van der Waals surface area contributed by atoms with Crippen LogP contribution in [0.3, 0.4) is 0 Å². The van der Waals surface area contributed by atoms with Gasteiger partial charge in [-0.2, -0.15) is 0 Å². The molecule has 0 aliphatic rings. The Balaban J connectivity index is 1.82. The van der Waals surface area contributed by atoms with Gasteiger partial charge in [-0.15, -0.1) is 0 Å². The van der Waals surface area contributed by atoms with E-state index < -0.39 is 10.0 Å². The summed E-state index contributed by atoms with van der Waals surface area (Å²) in [5.41, 5.74) is 2.26. The van der Waals surface area contributed by atoms with Gasteiger partial charge in [-0.25, -0.2) is 13.1 Å². The fourth-order valence-electron chi connectivity index (χ4n) is 2.04. The molecule has 5 heteroatoms. The molecule has 0 aliphatic heterocycles. The summed E-state index contributed by atoms with van der Waals surface area (Å²) >= 11 is 0. The SMILES string of the molecule is CNS(=O)(=O)c1ccc(NCCCc2ccccc2)cc1. The van der Waals surface area contributed by atoms with Crippen molar-refractivity contribution in [2.24, 2.45) is 0 Å². The minimum absolute atomic E-state index is 0.278. The van der Waals surface area contributed by atoms with E-state index in [0.29, 0.717) is 0 Å². The number of hydrogen-bond donors (Lipinski definition) is 2. The summed E-state index contributed by atoms with van der Waals surface area (Å²) in [6.45, 7) is 0.854. The molecule has 21 heavy (non-hydrogen) atoms. The van der Waals surface area contributed by atoms with Gasteiger partial charge in [-0.3, -0.25) is 0 Å². The van der Waals surface area contributed by atoms with E-state index in [1.807, 2.05) is 18.2 Å². The van der Waals surface area contributed by atoms with Gasteiger partial charge in [0.05, 0.1) is 4.90 Å². The quantitative estimate of drug-likeness (QED) is 0.773. The summed E-state index contributed by atoms with van der Waals surface area (Å²) in [7, 11) is -1.95. The van der Waals surface area contributed by atoms with Crippen molar-refractivity contribution in [1.82, 2.24) is 4.72 Å². The molecular weight excluding hydrogens is 284 g/mol. The van der Waals surface area contributed by atoms with E-state index in [1.165, 1.54) is 12.6 Å². The number of anilines is 1. The second kappa shape index (κ2) is 7.24. The molecule has 2 rings (SSSR count). The maximum absolute atomic E-state index is 11.6. The lowest BCUT2D eigenvalue weighted by Crippen LogP contribution is -2.18. The van der Waals surface area contributed by atoms with Crippen LogP contribution < -0.4 is 10.0 Å². The highest BCUT2D eigenvalue weighted by molar-refractivity contribution is 7.89. The minimum Gasteiger partial charge on any atom is -0.385 e. The first kappa shape index (κ1) is 15.5. The number of sulfonamides is 1. The lowest BCUT2D eigenvalue weighted by atomic mass is 10.1. The molecule has 0 radical (unpaired) electrons. The number of rotatable bonds is 7. The molecule has 0 heterocycles. The molecule has 0 saturated heterocycles. The van der Waals surface area contributed by atoms with Crippen LogP contribution in [0.2, 0.25) is 0 Å². The average molecular weight is 304 g/mol. The van der Waals surface area contributed by atoms with Crippen LogP contribution in [0.4, 0.5) is 5.69 Å². The zero-order valence-corrected chi connectivity index (χ0v) is 12.9. The first-order valence-corrected chi connectivity index (χ1v) is 8.41. The summed E-state index contributed by atoms with van der Waals surface area (Å²) in [6.07, 6.45) is 2.06. The first-order chi connectivity index (χ1) is 10.1. The molecule has 0 fully saturated rings. The molecule has 2 N–H and O–H groups in total. The lowest BCUT2D eigenvalue weighted by molar-refractivity contribution is 0.588. The van der Waals surface area contributed by atoms with Crippen LogP contribution in [-0.4, -0.2) is 22.0 Å². The van der Waals surface area contributed by atoms with E-state index in [2.05, 4.69) is 22.2 Å². The van der Waals surface area contributed by atoms with Gasteiger partial charge < -0.3 is 5.32 Å². The third kappa shape index (κ3) is 4.58. The van der Waals surface area contributed by atoms with Gasteiger partial charge in [0, 0.05) is 12.2 Å². The molecule has 4 nitrogen and oxygen atoms in total. The Morgan fingerprint density at radius 3 is 2.24 bits per heavy atom. The summed E-state index contributed by atoms with van der Waals surface area (Å²) in [5, 5.41) is 3.30. The molecule has 0 aromatic heterocycles. The van der Waals surface area contributed by atoms with Gasteiger partial charge in [0.15, 0.2) is 0 Å². The summed E-state index contributed by atoms with van der Waals surface area (Å²) in [6, 6.07) is 17.1. The van der Waals surface area contributed by atoms with E-state index in [-0.39, 0.29) is 4.90 Å². The zero-order valence-electron chi connectivity index (χ0n) is 12.0. The van der Waals surface area contributed by atoms with Crippen LogP contribution in [0.25, 0.3) is 0 Å². The Kier molecular flexibility index (Phi) is 5.36. The molecule has 0 amide bonds. The van der Waals surface area contributed by atoms with E-state index in [1.54, 1.807) is 24.3 Å². The molecule has 0 saturated carbocycles. The van der Waals surface area contributed by atoms with Crippen LogP contribution in [0.1, 0.15) is 12.0 Å². The fourth-order valence-corrected chi connectivity index (χ4v) is 2.77. The van der Waals surface area contributed by atoms with Crippen molar-refractivity contribution >= 4 is 15.7 Å². The van der Waals surface area contributed by atoms with E-state index in [4.69, 9.17) is 0 Å². The fraction of sp³-hybridized carbons (Fsp3) is 0.250. The Morgan fingerprint density at radius 1 is 0.952 bits per heavy atom. The Bertz CT molecular complexity index is 652. The van der Waals surface area contributed by atoms with Gasteiger partial charge in [0.25, 0.3) is 0 Å². The van der Waals surface area contributed by atoms with Gasteiger partial charge in [0.1, 0.15) is 0 Å². The molecule has 2 aromatic rings. The normalized spacial score (nSPS) is 11.3. The smallest absolute Gasteiger partial charge is 0.240 e. The van der Waals surface area contributed by atoms with Crippen molar-refractivity contribution in [2.75, 3.05) is 18.9 Å². The number of nitrogens with one attached hydrogen (secondary N) is 2. The topological polar surface area (TPSA) is 58.2 Å². The first-order valence-electron chi connectivity index (χ1n) is 6.93. The lowest BCUT2D eigenvalue weighted by Gasteiger charge is -2.08. The average Bonchev–Trinajstić information content (AvgIpc) is 2.53. The van der Waals surface area contributed by atoms with Crippen molar-refractivity contribution in [3.05, 3.63) is 60.2 Å². The monoisotopic (exact) mass is 304 g/mol. The molecule has 112 valence electrons. The summed E-state index contributed by atoms with van der Waals surface area (Å²) in [4.78, 5) is 0.278. The largest absolute Gasteiger partial charge is 0.385 e. The van der Waals surface area contributed by atoms with Crippen molar-refractivity contribution in [2.45, 2.75) is 17.7 Å². The maximum Gasteiger partial charge on any atom is 0.240 e. The molecule has 0 bridgehead atoms. The van der Waals surface area contributed by atoms with Crippen LogP contribution in [0, 0.1) is 0 Å². The molecular formula is C16H20N2O2S. The minimum atomic E-state index is -3.35. The van der Waals surface area contributed by atoms with E-state index >= 15 is 0 Å².